The molecule has 0 unspecified atom stereocenters. The Balaban J connectivity index is 2.29. The predicted molar refractivity (Wildman–Crippen MR) is 45.6 cm³/mol. The Bertz CT molecular complexity index is 247. The highest BCUT2D eigenvalue weighted by Gasteiger charge is 2.27. The van der Waals surface area contributed by atoms with Crippen LogP contribution in [0.3, 0.4) is 0 Å². The Hall–Kier alpha value is -0.840. The third kappa shape index (κ3) is 4.67. The van der Waals surface area contributed by atoms with Crippen molar-refractivity contribution in [2.75, 3.05) is 5.75 Å². The van der Waals surface area contributed by atoms with E-state index in [1.54, 1.807) is 30.3 Å². The lowest BCUT2D eigenvalue weighted by molar-refractivity contribution is -0.105. The minimum Gasteiger partial charge on any atom is -0.425 e. The van der Waals surface area contributed by atoms with Crippen molar-refractivity contribution in [3.63, 3.8) is 0 Å². The van der Waals surface area contributed by atoms with Crippen molar-refractivity contribution < 1.29 is 17.4 Å². The summed E-state index contributed by atoms with van der Waals surface area (Å²) in [5, 5.41) is 0. The number of para-hydroxylation sites is 1. The van der Waals surface area contributed by atoms with E-state index in [0.29, 0.717) is 17.8 Å². The summed E-state index contributed by atoms with van der Waals surface area (Å²) >= 11 is 0.388. The Morgan fingerprint density at radius 2 is 1.77 bits per heavy atom. The van der Waals surface area contributed by atoms with Gasteiger partial charge in [-0.25, -0.2) is 0 Å². The van der Waals surface area contributed by atoms with Gasteiger partial charge in [-0.15, -0.1) is 0 Å². The van der Waals surface area contributed by atoms with Gasteiger partial charge in [-0.05, 0) is 12.1 Å². The summed E-state index contributed by atoms with van der Waals surface area (Å²) in [7, 11) is 0. The second-order valence-corrected chi connectivity index (χ2v) is 2.96. The summed E-state index contributed by atoms with van der Waals surface area (Å²) in [6, 6.07) is 8.36. The molecule has 0 aliphatic rings. The quantitative estimate of drug-likeness (QED) is 0.705. The molecule has 0 aliphatic carbocycles. The lowest BCUT2D eigenvalue weighted by Gasteiger charge is -2.05. The maximum Gasteiger partial charge on any atom is 0.401 e. The Morgan fingerprint density at radius 1 is 1.15 bits per heavy atom. The normalized spacial score (nSPS) is 11.3. The van der Waals surface area contributed by atoms with Gasteiger partial charge >= 0.3 is 6.18 Å². The van der Waals surface area contributed by atoms with E-state index in [9.17, 15) is 13.2 Å². The molecule has 0 aliphatic heterocycles. The smallest absolute Gasteiger partial charge is 0.401 e. The van der Waals surface area contributed by atoms with Crippen molar-refractivity contribution in [3.05, 3.63) is 30.3 Å². The monoisotopic (exact) mass is 208 g/mol. The third-order valence-corrected chi connectivity index (χ3v) is 1.88. The first kappa shape index (κ1) is 10.2. The van der Waals surface area contributed by atoms with Crippen LogP contribution in [-0.2, 0) is 0 Å². The number of benzene rings is 1. The fourth-order valence-corrected chi connectivity index (χ4v) is 1.08. The zero-order valence-corrected chi connectivity index (χ0v) is 7.36. The zero-order valence-electron chi connectivity index (χ0n) is 6.54. The standard InChI is InChI=1S/C8H7F3OS/c9-8(10,11)6-13-12-7-4-2-1-3-5-7/h1-5H,6H2. The average Bonchev–Trinajstić information content (AvgIpc) is 2.04. The lowest BCUT2D eigenvalue weighted by atomic mass is 10.3. The molecule has 0 amide bonds. The number of hydrogen-bond acceptors (Lipinski definition) is 2. The van der Waals surface area contributed by atoms with Crippen LogP contribution in [0.1, 0.15) is 0 Å². The minimum absolute atomic E-state index is 0.388. The van der Waals surface area contributed by atoms with Gasteiger partial charge in [0.25, 0.3) is 0 Å². The van der Waals surface area contributed by atoms with Crippen molar-refractivity contribution in [3.8, 4) is 5.75 Å². The van der Waals surface area contributed by atoms with Crippen LogP contribution in [-0.4, -0.2) is 11.9 Å². The van der Waals surface area contributed by atoms with Crippen LogP contribution in [0.4, 0.5) is 13.2 Å². The SMILES string of the molecule is FC(F)(F)CSOc1ccccc1. The average molecular weight is 208 g/mol. The summed E-state index contributed by atoms with van der Waals surface area (Å²) in [4.78, 5) is 0. The molecule has 0 bridgehead atoms. The highest BCUT2D eigenvalue weighted by atomic mass is 32.2. The maximum atomic E-state index is 11.7. The first-order chi connectivity index (χ1) is 6.08. The third-order valence-electron chi connectivity index (χ3n) is 1.12. The molecule has 1 rings (SSSR count). The molecule has 0 heterocycles. The van der Waals surface area contributed by atoms with E-state index in [4.69, 9.17) is 4.18 Å². The Kier molecular flexibility index (Phi) is 3.48. The number of alkyl halides is 3. The van der Waals surface area contributed by atoms with Crippen molar-refractivity contribution in [2.45, 2.75) is 6.18 Å². The fourth-order valence-electron chi connectivity index (χ4n) is 0.640. The summed E-state index contributed by atoms with van der Waals surface area (Å²) in [6.45, 7) is 0. The molecule has 0 saturated carbocycles. The number of halogens is 3. The highest BCUT2D eigenvalue weighted by molar-refractivity contribution is 7.95. The van der Waals surface area contributed by atoms with E-state index in [2.05, 4.69) is 0 Å². The molecule has 1 aromatic rings. The largest absolute Gasteiger partial charge is 0.425 e. The van der Waals surface area contributed by atoms with Gasteiger partial charge in [-0.1, -0.05) is 18.2 Å². The second kappa shape index (κ2) is 4.41. The van der Waals surface area contributed by atoms with Gasteiger partial charge in [0, 0.05) is 0 Å². The van der Waals surface area contributed by atoms with Gasteiger partial charge in [0.2, 0.25) is 0 Å². The zero-order chi connectivity index (χ0) is 9.73. The molecule has 1 aromatic carbocycles. The first-order valence-electron chi connectivity index (χ1n) is 3.49. The van der Waals surface area contributed by atoms with E-state index < -0.39 is 11.9 Å². The van der Waals surface area contributed by atoms with Crippen LogP contribution in [0.5, 0.6) is 5.75 Å². The van der Waals surface area contributed by atoms with Crippen LogP contribution < -0.4 is 4.18 Å². The Morgan fingerprint density at radius 3 is 2.31 bits per heavy atom. The summed E-state index contributed by atoms with van der Waals surface area (Å²) < 4.78 is 39.8. The first-order valence-corrected chi connectivity index (χ1v) is 4.40. The molecule has 0 fully saturated rings. The molecular formula is C8H7F3OS. The van der Waals surface area contributed by atoms with Crippen molar-refractivity contribution in [1.82, 2.24) is 0 Å². The van der Waals surface area contributed by atoms with Crippen LogP contribution in [0, 0.1) is 0 Å². The summed E-state index contributed by atoms with van der Waals surface area (Å²) in [5.41, 5.74) is 0. The van der Waals surface area contributed by atoms with E-state index >= 15 is 0 Å². The molecule has 0 spiro atoms. The van der Waals surface area contributed by atoms with Crippen LogP contribution in [0.2, 0.25) is 0 Å². The van der Waals surface area contributed by atoms with Gasteiger partial charge in [0.15, 0.2) is 0 Å². The van der Waals surface area contributed by atoms with Crippen LogP contribution in [0.15, 0.2) is 30.3 Å². The Labute approximate surface area is 78.1 Å². The molecule has 0 aromatic heterocycles. The molecule has 72 valence electrons. The molecule has 0 N–H and O–H groups in total. The van der Waals surface area contributed by atoms with E-state index in [0.717, 1.165) is 0 Å². The summed E-state index contributed by atoms with van der Waals surface area (Å²) in [6.07, 6.45) is -4.18. The maximum absolute atomic E-state index is 11.7. The van der Waals surface area contributed by atoms with E-state index in [-0.39, 0.29) is 0 Å². The lowest BCUT2D eigenvalue weighted by Crippen LogP contribution is -2.11. The van der Waals surface area contributed by atoms with Gasteiger partial charge < -0.3 is 4.18 Å². The molecule has 13 heavy (non-hydrogen) atoms. The molecule has 0 atom stereocenters. The molecule has 5 heteroatoms. The summed E-state index contributed by atoms with van der Waals surface area (Å²) in [5.74, 6) is -0.571. The highest BCUT2D eigenvalue weighted by Crippen LogP contribution is 2.23. The van der Waals surface area contributed by atoms with Gasteiger partial charge in [-0.3, -0.25) is 0 Å². The van der Waals surface area contributed by atoms with Crippen LogP contribution >= 0.6 is 12.0 Å². The van der Waals surface area contributed by atoms with Crippen LogP contribution in [0.25, 0.3) is 0 Å². The van der Waals surface area contributed by atoms with Crippen molar-refractivity contribution in [2.24, 2.45) is 0 Å². The van der Waals surface area contributed by atoms with E-state index in [1.165, 1.54) is 0 Å². The van der Waals surface area contributed by atoms with Gasteiger partial charge in [-0.2, -0.15) is 13.2 Å². The topological polar surface area (TPSA) is 9.23 Å². The van der Waals surface area contributed by atoms with Gasteiger partial charge in [0.05, 0.1) is 12.0 Å². The molecule has 1 nitrogen and oxygen atoms in total. The number of hydrogen-bond donors (Lipinski definition) is 0. The van der Waals surface area contributed by atoms with Gasteiger partial charge in [0.1, 0.15) is 11.5 Å². The van der Waals surface area contributed by atoms with Crippen molar-refractivity contribution in [1.29, 1.82) is 0 Å². The second-order valence-electron chi connectivity index (χ2n) is 2.27. The minimum atomic E-state index is -4.18. The molecule has 0 radical (unpaired) electrons. The van der Waals surface area contributed by atoms with Crippen molar-refractivity contribution >= 4 is 12.0 Å². The predicted octanol–water partition coefficient (Wildman–Crippen LogP) is 3.28. The van der Waals surface area contributed by atoms with E-state index in [1.807, 2.05) is 0 Å². The fraction of sp³-hybridized carbons (Fsp3) is 0.250. The number of rotatable bonds is 3. The molecular weight excluding hydrogens is 201 g/mol. The molecule has 0 saturated heterocycles.